The molecule has 4 fully saturated rings. The lowest BCUT2D eigenvalue weighted by Crippen LogP contribution is -2.50. The van der Waals surface area contributed by atoms with E-state index in [4.69, 9.17) is 11.6 Å². The number of rotatable bonds is 4. The third-order valence-electron chi connectivity index (χ3n) is 7.02. The Hall–Kier alpha value is -1.39. The Balaban J connectivity index is 1.40. The van der Waals surface area contributed by atoms with Crippen LogP contribution in [0.4, 0.5) is 0 Å². The topological polar surface area (TPSA) is 41.5 Å². The van der Waals surface area contributed by atoms with Crippen LogP contribution in [0.15, 0.2) is 29.4 Å². The molecule has 0 saturated heterocycles. The Morgan fingerprint density at radius 3 is 2.41 bits per heavy atom. The number of fused-ring (bicyclic) bond motifs is 1. The van der Waals surface area contributed by atoms with Gasteiger partial charge in [-0.1, -0.05) is 36.7 Å². The molecule has 1 N–H and O–H groups in total. The summed E-state index contributed by atoms with van der Waals surface area (Å²) in [5.74, 6) is 2.44. The standard InChI is InChI=1S/C22H25ClN2OS/c1-2-18(22-10-13-7-14(11-22)9-15(8-13)12-22)24-25-21(26)20-19(23)16-5-3-4-6-17(16)27-20/h3-6,13-15H,2,7-12H2,1H3,(H,25,26)/b24-18-. The number of carbonyl (C=O) groups is 1. The van der Waals surface area contributed by atoms with Gasteiger partial charge in [0.05, 0.1) is 5.02 Å². The fraction of sp³-hybridized carbons (Fsp3) is 0.545. The number of amides is 1. The molecule has 4 saturated carbocycles. The lowest BCUT2D eigenvalue weighted by atomic mass is 9.48. The normalized spacial score (nSPS) is 32.2. The van der Waals surface area contributed by atoms with Crippen molar-refractivity contribution >= 4 is 44.6 Å². The van der Waals surface area contributed by atoms with Gasteiger partial charge in [-0.15, -0.1) is 11.3 Å². The second kappa shape index (κ2) is 6.59. The molecule has 0 aliphatic heterocycles. The number of nitrogens with one attached hydrogen (secondary N) is 1. The van der Waals surface area contributed by atoms with Crippen LogP contribution in [0, 0.1) is 23.2 Å². The van der Waals surface area contributed by atoms with Gasteiger partial charge >= 0.3 is 0 Å². The third kappa shape index (κ3) is 2.92. The number of halogens is 1. The van der Waals surface area contributed by atoms with Crippen LogP contribution < -0.4 is 5.43 Å². The Morgan fingerprint density at radius 2 is 1.81 bits per heavy atom. The van der Waals surface area contributed by atoms with E-state index in [2.05, 4.69) is 17.5 Å². The van der Waals surface area contributed by atoms with Gasteiger partial charge in [-0.05, 0) is 68.8 Å². The van der Waals surface area contributed by atoms with Gasteiger partial charge in [0.15, 0.2) is 0 Å². The highest BCUT2D eigenvalue weighted by atomic mass is 35.5. The number of hydrogen-bond acceptors (Lipinski definition) is 3. The zero-order chi connectivity index (χ0) is 18.6. The van der Waals surface area contributed by atoms with Crippen molar-refractivity contribution in [2.45, 2.75) is 51.9 Å². The van der Waals surface area contributed by atoms with Crippen molar-refractivity contribution < 1.29 is 4.79 Å². The lowest BCUT2D eigenvalue weighted by molar-refractivity contribution is -0.0134. The van der Waals surface area contributed by atoms with E-state index in [9.17, 15) is 4.79 Å². The van der Waals surface area contributed by atoms with Crippen LogP contribution in [0.25, 0.3) is 10.1 Å². The van der Waals surface area contributed by atoms with Gasteiger partial charge in [-0.3, -0.25) is 4.79 Å². The number of nitrogens with zero attached hydrogens (tertiary/aromatic N) is 1. The molecule has 5 heteroatoms. The summed E-state index contributed by atoms with van der Waals surface area (Å²) in [4.78, 5) is 13.3. The van der Waals surface area contributed by atoms with Gasteiger partial charge in [0.1, 0.15) is 4.88 Å². The first kappa shape index (κ1) is 17.7. The molecule has 142 valence electrons. The molecule has 4 aliphatic rings. The predicted molar refractivity (Wildman–Crippen MR) is 113 cm³/mol. The van der Waals surface area contributed by atoms with Crippen molar-refractivity contribution in [1.29, 1.82) is 0 Å². The van der Waals surface area contributed by atoms with Crippen LogP contribution >= 0.6 is 22.9 Å². The van der Waals surface area contributed by atoms with Gasteiger partial charge in [0.2, 0.25) is 0 Å². The molecule has 0 unspecified atom stereocenters. The second-order valence-corrected chi connectivity index (χ2v) is 10.2. The molecule has 2 aromatic rings. The molecule has 4 aliphatic carbocycles. The molecule has 1 amide bonds. The maximum atomic E-state index is 12.8. The van der Waals surface area contributed by atoms with Crippen molar-refractivity contribution in [3.63, 3.8) is 0 Å². The van der Waals surface area contributed by atoms with Crippen molar-refractivity contribution in [2.24, 2.45) is 28.3 Å². The average molecular weight is 401 g/mol. The summed E-state index contributed by atoms with van der Waals surface area (Å²) >= 11 is 7.90. The highest BCUT2D eigenvalue weighted by Crippen LogP contribution is 2.60. The van der Waals surface area contributed by atoms with Gasteiger partial charge < -0.3 is 0 Å². The minimum absolute atomic E-state index is 0.183. The van der Waals surface area contributed by atoms with Crippen LogP contribution in [-0.2, 0) is 0 Å². The lowest BCUT2D eigenvalue weighted by Gasteiger charge is -2.57. The quantitative estimate of drug-likeness (QED) is 0.477. The Morgan fingerprint density at radius 1 is 1.19 bits per heavy atom. The van der Waals surface area contributed by atoms with Crippen LogP contribution in [0.1, 0.15) is 61.5 Å². The molecule has 1 aromatic heterocycles. The molecule has 0 atom stereocenters. The van der Waals surface area contributed by atoms with Crippen molar-refractivity contribution in [1.82, 2.24) is 5.43 Å². The van der Waals surface area contributed by atoms with Gasteiger partial charge in [-0.2, -0.15) is 5.10 Å². The predicted octanol–water partition coefficient (Wildman–Crippen LogP) is 6.27. The van der Waals surface area contributed by atoms with E-state index >= 15 is 0 Å². The third-order valence-corrected chi connectivity index (χ3v) is 8.69. The van der Waals surface area contributed by atoms with Crippen LogP contribution in [0.5, 0.6) is 0 Å². The summed E-state index contributed by atoms with van der Waals surface area (Å²) < 4.78 is 1.04. The van der Waals surface area contributed by atoms with Gasteiger partial charge in [-0.25, -0.2) is 5.43 Å². The molecular formula is C22H25ClN2OS. The van der Waals surface area contributed by atoms with E-state index in [1.165, 1.54) is 55.6 Å². The average Bonchev–Trinajstić information content (AvgIpc) is 2.98. The monoisotopic (exact) mass is 400 g/mol. The Labute approximate surface area is 169 Å². The zero-order valence-electron chi connectivity index (χ0n) is 15.6. The molecule has 4 bridgehead atoms. The van der Waals surface area contributed by atoms with Crippen LogP contribution in [-0.4, -0.2) is 11.6 Å². The minimum atomic E-state index is -0.183. The fourth-order valence-corrected chi connectivity index (χ4v) is 7.77. The molecule has 1 heterocycles. The molecule has 0 spiro atoms. The first-order valence-corrected chi connectivity index (χ1v) is 11.3. The van der Waals surface area contributed by atoms with E-state index in [0.717, 1.165) is 34.3 Å². The van der Waals surface area contributed by atoms with Crippen molar-refractivity contribution in [3.8, 4) is 0 Å². The van der Waals surface area contributed by atoms with E-state index in [1.54, 1.807) is 0 Å². The minimum Gasteiger partial charge on any atom is -0.266 e. The summed E-state index contributed by atoms with van der Waals surface area (Å²) in [6, 6.07) is 7.88. The number of hydrazone groups is 1. The molecule has 0 radical (unpaired) electrons. The highest BCUT2D eigenvalue weighted by molar-refractivity contribution is 7.21. The molecular weight excluding hydrogens is 376 g/mol. The molecule has 1 aromatic carbocycles. The summed E-state index contributed by atoms with van der Waals surface area (Å²) in [7, 11) is 0. The first-order chi connectivity index (χ1) is 13.1. The van der Waals surface area contributed by atoms with Crippen LogP contribution in [0.3, 0.4) is 0 Å². The van der Waals surface area contributed by atoms with Gasteiger partial charge in [0.25, 0.3) is 5.91 Å². The largest absolute Gasteiger partial charge is 0.283 e. The van der Waals surface area contributed by atoms with E-state index < -0.39 is 0 Å². The molecule has 3 nitrogen and oxygen atoms in total. The number of carbonyl (C=O) groups excluding carboxylic acids is 1. The zero-order valence-corrected chi connectivity index (χ0v) is 17.2. The Bertz CT molecular complexity index is 896. The number of benzene rings is 1. The van der Waals surface area contributed by atoms with Crippen molar-refractivity contribution in [2.75, 3.05) is 0 Å². The summed E-state index contributed by atoms with van der Waals surface area (Å²) in [5, 5.41) is 6.16. The summed E-state index contributed by atoms with van der Waals surface area (Å²) in [5.41, 5.74) is 4.29. The SMILES string of the molecule is CC/C(=N/NC(=O)c1sc2ccccc2c1Cl)C12CC3CC(CC(C3)C1)C2. The maximum Gasteiger partial charge on any atom is 0.283 e. The first-order valence-electron chi connectivity index (χ1n) is 10.1. The summed E-state index contributed by atoms with van der Waals surface area (Å²) in [6.45, 7) is 2.18. The van der Waals surface area contributed by atoms with E-state index in [1.807, 2.05) is 24.3 Å². The maximum absolute atomic E-state index is 12.8. The van der Waals surface area contributed by atoms with Crippen LogP contribution in [0.2, 0.25) is 5.02 Å². The van der Waals surface area contributed by atoms with Crippen molar-refractivity contribution in [3.05, 3.63) is 34.2 Å². The second-order valence-electron chi connectivity index (χ2n) is 8.79. The van der Waals surface area contributed by atoms with E-state index in [0.29, 0.717) is 9.90 Å². The fourth-order valence-electron chi connectivity index (χ4n) is 6.37. The Kier molecular flexibility index (Phi) is 4.32. The number of hydrogen-bond donors (Lipinski definition) is 1. The molecule has 6 rings (SSSR count). The highest BCUT2D eigenvalue weighted by Gasteiger charge is 2.52. The smallest absolute Gasteiger partial charge is 0.266 e. The molecule has 27 heavy (non-hydrogen) atoms. The van der Waals surface area contributed by atoms with E-state index in [-0.39, 0.29) is 11.3 Å². The number of thiophene rings is 1. The summed E-state index contributed by atoms with van der Waals surface area (Å²) in [6.07, 6.45) is 8.97. The van der Waals surface area contributed by atoms with Gasteiger partial charge in [0, 0.05) is 21.2 Å².